The molecule has 0 saturated carbocycles. The molecule has 7 heteroatoms. The van der Waals surface area contributed by atoms with Crippen molar-refractivity contribution in [3.05, 3.63) is 69.7 Å². The summed E-state index contributed by atoms with van der Waals surface area (Å²) >= 11 is 5.84. The SMILES string of the molecule is CCC(=NOCc1ccc(C#N)cc1)c1cc(Cl)ccc1C(F)(F)F. The lowest BCUT2D eigenvalue weighted by molar-refractivity contribution is -0.137. The highest BCUT2D eigenvalue weighted by Gasteiger charge is 2.34. The fraction of sp³-hybridized carbons (Fsp3) is 0.222. The Morgan fingerprint density at radius 2 is 1.88 bits per heavy atom. The van der Waals surface area contributed by atoms with Crippen LogP contribution < -0.4 is 0 Å². The highest BCUT2D eigenvalue weighted by atomic mass is 35.5. The lowest BCUT2D eigenvalue weighted by Crippen LogP contribution is -2.13. The maximum atomic E-state index is 13.2. The van der Waals surface area contributed by atoms with Crippen molar-refractivity contribution in [1.82, 2.24) is 0 Å². The lowest BCUT2D eigenvalue weighted by Gasteiger charge is -2.14. The molecule has 0 aliphatic carbocycles. The molecule has 0 heterocycles. The Kier molecular flexibility index (Phi) is 6.05. The van der Waals surface area contributed by atoms with Crippen LogP contribution in [0.4, 0.5) is 13.2 Å². The van der Waals surface area contributed by atoms with Gasteiger partial charge in [0, 0.05) is 10.6 Å². The van der Waals surface area contributed by atoms with E-state index in [2.05, 4.69) is 5.16 Å². The molecule has 2 rings (SSSR count). The summed E-state index contributed by atoms with van der Waals surface area (Å²) < 4.78 is 39.5. The minimum absolute atomic E-state index is 0.0805. The van der Waals surface area contributed by atoms with E-state index in [9.17, 15) is 13.2 Å². The Labute approximate surface area is 148 Å². The van der Waals surface area contributed by atoms with Crippen molar-refractivity contribution < 1.29 is 18.0 Å². The molecular weight excluding hydrogens is 353 g/mol. The number of nitrogens with zero attached hydrogens (tertiary/aromatic N) is 2. The highest BCUT2D eigenvalue weighted by molar-refractivity contribution is 6.31. The first-order chi connectivity index (χ1) is 11.8. The average molecular weight is 367 g/mol. The molecule has 0 amide bonds. The van der Waals surface area contributed by atoms with Gasteiger partial charge in [-0.1, -0.05) is 35.8 Å². The van der Waals surface area contributed by atoms with Crippen molar-refractivity contribution in [1.29, 1.82) is 5.26 Å². The van der Waals surface area contributed by atoms with Gasteiger partial charge < -0.3 is 4.84 Å². The molecule has 0 saturated heterocycles. The third-order valence-corrected chi connectivity index (χ3v) is 3.66. The van der Waals surface area contributed by atoms with Crippen LogP contribution in [-0.2, 0) is 17.6 Å². The van der Waals surface area contributed by atoms with Crippen molar-refractivity contribution in [2.75, 3.05) is 0 Å². The summed E-state index contributed by atoms with van der Waals surface area (Å²) in [6, 6.07) is 12.0. The molecule has 0 aromatic heterocycles. The zero-order valence-corrected chi connectivity index (χ0v) is 14.0. The van der Waals surface area contributed by atoms with E-state index in [0.29, 0.717) is 5.56 Å². The Bertz CT molecular complexity index is 809. The van der Waals surface area contributed by atoms with E-state index in [1.807, 2.05) is 6.07 Å². The van der Waals surface area contributed by atoms with Gasteiger partial charge in [0.1, 0.15) is 6.61 Å². The fourth-order valence-corrected chi connectivity index (χ4v) is 2.34. The summed E-state index contributed by atoms with van der Waals surface area (Å²) in [4.78, 5) is 5.20. The number of alkyl halides is 3. The summed E-state index contributed by atoms with van der Waals surface area (Å²) in [6.07, 6.45) is -4.26. The third-order valence-electron chi connectivity index (χ3n) is 3.42. The van der Waals surface area contributed by atoms with Gasteiger partial charge in [0.15, 0.2) is 0 Å². The lowest BCUT2D eigenvalue weighted by atomic mass is 10.0. The van der Waals surface area contributed by atoms with E-state index in [-0.39, 0.29) is 29.3 Å². The van der Waals surface area contributed by atoms with Crippen LogP contribution in [0.5, 0.6) is 0 Å². The Hall–Kier alpha value is -2.52. The van der Waals surface area contributed by atoms with Crippen LogP contribution in [0.1, 0.15) is 35.6 Å². The van der Waals surface area contributed by atoms with Gasteiger partial charge >= 0.3 is 6.18 Å². The molecule has 0 atom stereocenters. The van der Waals surface area contributed by atoms with Crippen LogP contribution in [0.3, 0.4) is 0 Å². The van der Waals surface area contributed by atoms with Crippen LogP contribution in [0, 0.1) is 11.3 Å². The van der Waals surface area contributed by atoms with Crippen LogP contribution in [0.15, 0.2) is 47.6 Å². The first-order valence-corrected chi connectivity index (χ1v) is 7.78. The molecule has 0 bridgehead atoms. The largest absolute Gasteiger partial charge is 0.417 e. The van der Waals surface area contributed by atoms with E-state index < -0.39 is 11.7 Å². The maximum Gasteiger partial charge on any atom is 0.417 e. The van der Waals surface area contributed by atoms with Crippen molar-refractivity contribution in [3.8, 4) is 6.07 Å². The number of halogens is 4. The molecule has 25 heavy (non-hydrogen) atoms. The fourth-order valence-electron chi connectivity index (χ4n) is 2.17. The summed E-state index contributed by atoms with van der Waals surface area (Å²) in [5.41, 5.74) is 0.515. The molecule has 0 unspecified atom stereocenters. The van der Waals surface area contributed by atoms with Crippen LogP contribution in [0.2, 0.25) is 5.02 Å². The Morgan fingerprint density at radius 1 is 1.20 bits per heavy atom. The van der Waals surface area contributed by atoms with E-state index >= 15 is 0 Å². The molecule has 130 valence electrons. The molecule has 0 radical (unpaired) electrons. The maximum absolute atomic E-state index is 13.2. The zero-order chi connectivity index (χ0) is 18.4. The number of hydrogen-bond acceptors (Lipinski definition) is 3. The standard InChI is InChI=1S/C18H14ClF3N2O/c1-2-17(15-9-14(19)7-8-16(15)18(20,21)22)24-25-11-13-5-3-12(10-23)4-6-13/h3-9H,2,11H2,1H3. The second-order valence-electron chi connectivity index (χ2n) is 5.16. The van der Waals surface area contributed by atoms with E-state index in [4.69, 9.17) is 21.7 Å². The molecule has 0 aliphatic heterocycles. The number of benzene rings is 2. The third kappa shape index (κ3) is 4.97. The van der Waals surface area contributed by atoms with Crippen molar-refractivity contribution in [2.45, 2.75) is 26.1 Å². The molecular formula is C18H14ClF3N2O. The topological polar surface area (TPSA) is 45.4 Å². The summed E-state index contributed by atoms with van der Waals surface area (Å²) in [5, 5.41) is 12.8. The van der Waals surface area contributed by atoms with E-state index in [1.165, 1.54) is 12.1 Å². The van der Waals surface area contributed by atoms with Gasteiger partial charge in [-0.3, -0.25) is 0 Å². The monoisotopic (exact) mass is 366 g/mol. The number of oxime groups is 1. The summed E-state index contributed by atoms with van der Waals surface area (Å²) in [6.45, 7) is 1.77. The highest BCUT2D eigenvalue weighted by Crippen LogP contribution is 2.34. The van der Waals surface area contributed by atoms with Gasteiger partial charge in [-0.05, 0) is 42.3 Å². The summed E-state index contributed by atoms with van der Waals surface area (Å²) in [5.74, 6) is 0. The normalized spacial score (nSPS) is 11.9. The van der Waals surface area contributed by atoms with Gasteiger partial charge in [-0.25, -0.2) is 0 Å². The van der Waals surface area contributed by atoms with Crippen molar-refractivity contribution >= 4 is 17.3 Å². The molecule has 0 fully saturated rings. The quantitative estimate of drug-likeness (QED) is 0.513. The Balaban J connectivity index is 2.22. The molecule has 2 aromatic carbocycles. The zero-order valence-electron chi connectivity index (χ0n) is 13.3. The second-order valence-corrected chi connectivity index (χ2v) is 5.60. The predicted octanol–water partition coefficient (Wildman–Crippen LogP) is 5.56. The van der Waals surface area contributed by atoms with Crippen LogP contribution >= 0.6 is 11.6 Å². The van der Waals surface area contributed by atoms with Gasteiger partial charge in [-0.15, -0.1) is 0 Å². The number of nitriles is 1. The molecule has 3 nitrogen and oxygen atoms in total. The van der Waals surface area contributed by atoms with Crippen LogP contribution in [0.25, 0.3) is 0 Å². The first-order valence-electron chi connectivity index (χ1n) is 7.40. The molecule has 0 aliphatic rings. The predicted molar refractivity (Wildman–Crippen MR) is 89.2 cm³/mol. The molecule has 0 spiro atoms. The molecule has 2 aromatic rings. The first kappa shape index (κ1) is 18.8. The van der Waals surface area contributed by atoms with Gasteiger partial charge in [0.2, 0.25) is 0 Å². The van der Waals surface area contributed by atoms with Crippen molar-refractivity contribution in [2.24, 2.45) is 5.16 Å². The van der Waals surface area contributed by atoms with E-state index in [0.717, 1.165) is 11.6 Å². The summed E-state index contributed by atoms with van der Waals surface area (Å²) in [7, 11) is 0. The van der Waals surface area contributed by atoms with E-state index in [1.54, 1.807) is 31.2 Å². The second kappa shape index (κ2) is 8.04. The minimum Gasteiger partial charge on any atom is -0.391 e. The molecule has 0 N–H and O–H groups in total. The Morgan fingerprint density at radius 3 is 2.44 bits per heavy atom. The minimum atomic E-state index is -4.51. The number of rotatable bonds is 5. The number of hydrogen-bond donors (Lipinski definition) is 0. The van der Waals surface area contributed by atoms with Gasteiger partial charge in [0.05, 0.1) is 22.9 Å². The van der Waals surface area contributed by atoms with Gasteiger partial charge in [-0.2, -0.15) is 18.4 Å². The average Bonchev–Trinajstić information content (AvgIpc) is 2.58. The van der Waals surface area contributed by atoms with Crippen molar-refractivity contribution in [3.63, 3.8) is 0 Å². The smallest absolute Gasteiger partial charge is 0.391 e. The van der Waals surface area contributed by atoms with Crippen LogP contribution in [-0.4, -0.2) is 5.71 Å². The van der Waals surface area contributed by atoms with Gasteiger partial charge in [0.25, 0.3) is 0 Å².